The van der Waals surface area contributed by atoms with E-state index in [1.54, 1.807) is 0 Å². The molecule has 1 atom stereocenters. The van der Waals surface area contributed by atoms with Crippen molar-refractivity contribution >= 4 is 11.9 Å². The van der Waals surface area contributed by atoms with Gasteiger partial charge in [0, 0.05) is 0 Å². The molecule has 57 valence electrons. The van der Waals surface area contributed by atoms with Gasteiger partial charge < -0.3 is 9.84 Å². The van der Waals surface area contributed by atoms with E-state index >= 15 is 0 Å². The molecule has 1 unspecified atom stereocenters. The Labute approximate surface area is 58.8 Å². The number of rotatable bonds is 3. The zero-order chi connectivity index (χ0) is 8.15. The van der Waals surface area contributed by atoms with Crippen LogP contribution in [-0.2, 0) is 14.3 Å². The van der Waals surface area contributed by atoms with E-state index in [-0.39, 0.29) is 6.42 Å². The summed E-state index contributed by atoms with van der Waals surface area (Å²) < 4.78 is 4.25. The average Bonchev–Trinajstić information content (AvgIpc) is 1.85. The first-order valence-electron chi connectivity index (χ1n) is 2.70. The molecule has 0 rings (SSSR count). The summed E-state index contributed by atoms with van der Waals surface area (Å²) in [7, 11) is 1.20. The molecule has 10 heavy (non-hydrogen) atoms. The van der Waals surface area contributed by atoms with Crippen molar-refractivity contribution in [3.05, 3.63) is 6.92 Å². The van der Waals surface area contributed by atoms with Crippen LogP contribution in [0.3, 0.4) is 0 Å². The first-order valence-corrected chi connectivity index (χ1v) is 2.70. The van der Waals surface area contributed by atoms with Gasteiger partial charge in [-0.25, -0.2) is 0 Å². The summed E-state index contributed by atoms with van der Waals surface area (Å²) in [6, 6.07) is 0. The third kappa shape index (κ3) is 3.06. The number of aliphatic carboxylic acids is 1. The highest BCUT2D eigenvalue weighted by Crippen LogP contribution is 2.02. The Hall–Kier alpha value is -1.06. The molecule has 1 radical (unpaired) electrons. The van der Waals surface area contributed by atoms with Gasteiger partial charge >= 0.3 is 11.9 Å². The lowest BCUT2D eigenvalue weighted by atomic mass is 10.1. The van der Waals surface area contributed by atoms with Crippen molar-refractivity contribution in [2.75, 3.05) is 7.11 Å². The monoisotopic (exact) mass is 145 g/mol. The van der Waals surface area contributed by atoms with Gasteiger partial charge in [-0.3, -0.25) is 9.59 Å². The maximum Gasteiger partial charge on any atom is 0.309 e. The van der Waals surface area contributed by atoms with E-state index in [1.165, 1.54) is 7.11 Å². The van der Waals surface area contributed by atoms with Gasteiger partial charge in [0.25, 0.3) is 0 Å². The molecule has 0 heterocycles. The molecule has 0 saturated heterocycles. The fourth-order valence-corrected chi connectivity index (χ4v) is 0.461. The van der Waals surface area contributed by atoms with Crippen molar-refractivity contribution in [2.45, 2.75) is 6.42 Å². The normalized spacial score (nSPS) is 12.2. The van der Waals surface area contributed by atoms with Crippen LogP contribution in [0.4, 0.5) is 0 Å². The zero-order valence-electron chi connectivity index (χ0n) is 5.66. The number of esters is 1. The van der Waals surface area contributed by atoms with E-state index in [9.17, 15) is 9.59 Å². The van der Waals surface area contributed by atoms with Gasteiger partial charge in [0.2, 0.25) is 0 Å². The first-order chi connectivity index (χ1) is 4.57. The minimum Gasteiger partial charge on any atom is -0.481 e. The summed E-state index contributed by atoms with van der Waals surface area (Å²) in [6.07, 6.45) is -0.285. The molecular formula is C6H9O4. The van der Waals surface area contributed by atoms with Crippen molar-refractivity contribution in [1.29, 1.82) is 0 Å². The smallest absolute Gasteiger partial charge is 0.309 e. The molecule has 0 spiro atoms. The molecule has 0 fully saturated rings. The molecule has 0 aliphatic heterocycles. The Balaban J connectivity index is 3.72. The number of carbonyl (C=O) groups is 2. The number of hydrogen-bond donors (Lipinski definition) is 1. The topological polar surface area (TPSA) is 63.6 Å². The SMILES string of the molecule is [CH2]C(CC(=O)O)C(=O)OC. The van der Waals surface area contributed by atoms with Gasteiger partial charge in [-0.1, -0.05) is 0 Å². The minimum atomic E-state index is -1.05. The Kier molecular flexibility index (Phi) is 3.46. The number of methoxy groups -OCH3 is 1. The second-order valence-corrected chi connectivity index (χ2v) is 1.82. The lowest BCUT2D eigenvalue weighted by Crippen LogP contribution is -2.16. The van der Waals surface area contributed by atoms with Crippen LogP contribution in [0.25, 0.3) is 0 Å². The Morgan fingerprint density at radius 1 is 1.70 bits per heavy atom. The lowest BCUT2D eigenvalue weighted by Gasteiger charge is -2.03. The van der Waals surface area contributed by atoms with Crippen LogP contribution in [-0.4, -0.2) is 24.2 Å². The van der Waals surface area contributed by atoms with Crippen molar-refractivity contribution in [2.24, 2.45) is 5.92 Å². The first kappa shape index (κ1) is 8.94. The summed E-state index contributed by atoms with van der Waals surface area (Å²) in [5, 5.41) is 8.18. The van der Waals surface area contributed by atoms with Gasteiger partial charge in [0.05, 0.1) is 19.4 Å². The number of ether oxygens (including phenoxy) is 1. The highest BCUT2D eigenvalue weighted by Gasteiger charge is 2.16. The van der Waals surface area contributed by atoms with Crippen LogP contribution in [0.2, 0.25) is 0 Å². The summed E-state index contributed by atoms with van der Waals surface area (Å²) in [5.74, 6) is -2.45. The second kappa shape index (κ2) is 3.87. The maximum atomic E-state index is 10.5. The molecule has 0 bridgehead atoms. The molecule has 0 aliphatic rings. The fraction of sp³-hybridized carbons (Fsp3) is 0.500. The Bertz CT molecular complexity index is 141. The predicted octanol–water partition coefficient (Wildman–Crippen LogP) is 0.0844. The van der Waals surface area contributed by atoms with Crippen LogP contribution in [0.5, 0.6) is 0 Å². The van der Waals surface area contributed by atoms with Gasteiger partial charge in [0.1, 0.15) is 0 Å². The third-order valence-electron chi connectivity index (χ3n) is 0.956. The maximum absolute atomic E-state index is 10.5. The van der Waals surface area contributed by atoms with E-state index in [0.717, 1.165) is 0 Å². The van der Waals surface area contributed by atoms with Gasteiger partial charge in [0.15, 0.2) is 0 Å². The molecule has 0 aromatic carbocycles. The van der Waals surface area contributed by atoms with E-state index in [2.05, 4.69) is 11.7 Å². The molecule has 0 aliphatic carbocycles. The van der Waals surface area contributed by atoms with Crippen LogP contribution in [0, 0.1) is 12.8 Å². The fourth-order valence-electron chi connectivity index (χ4n) is 0.461. The molecule has 1 N–H and O–H groups in total. The zero-order valence-corrected chi connectivity index (χ0v) is 5.66. The molecule has 4 heteroatoms. The summed E-state index contributed by atoms with van der Waals surface area (Å²) in [5.41, 5.74) is 0. The Morgan fingerprint density at radius 2 is 2.20 bits per heavy atom. The number of carboxylic acids is 1. The second-order valence-electron chi connectivity index (χ2n) is 1.82. The summed E-state index contributed by atoms with van der Waals surface area (Å²) in [4.78, 5) is 20.5. The van der Waals surface area contributed by atoms with E-state index in [4.69, 9.17) is 5.11 Å². The van der Waals surface area contributed by atoms with E-state index in [1.807, 2.05) is 0 Å². The number of carboxylic acid groups (broad SMARTS) is 1. The number of hydrogen-bond acceptors (Lipinski definition) is 3. The molecule has 4 nitrogen and oxygen atoms in total. The Morgan fingerprint density at radius 3 is 2.50 bits per heavy atom. The predicted molar refractivity (Wildman–Crippen MR) is 33.1 cm³/mol. The van der Waals surface area contributed by atoms with Crippen molar-refractivity contribution in [3.8, 4) is 0 Å². The van der Waals surface area contributed by atoms with E-state index < -0.39 is 17.9 Å². The molecule has 0 aromatic heterocycles. The summed E-state index contributed by atoms with van der Waals surface area (Å²) >= 11 is 0. The van der Waals surface area contributed by atoms with Crippen molar-refractivity contribution in [3.63, 3.8) is 0 Å². The van der Waals surface area contributed by atoms with Crippen molar-refractivity contribution < 1.29 is 19.4 Å². The largest absolute Gasteiger partial charge is 0.481 e. The van der Waals surface area contributed by atoms with Gasteiger partial charge in [-0.15, -0.1) is 0 Å². The van der Waals surface area contributed by atoms with Crippen molar-refractivity contribution in [1.82, 2.24) is 0 Å². The highest BCUT2D eigenvalue weighted by molar-refractivity contribution is 5.79. The van der Waals surface area contributed by atoms with Crippen LogP contribution < -0.4 is 0 Å². The van der Waals surface area contributed by atoms with Gasteiger partial charge in [-0.2, -0.15) is 0 Å². The minimum absolute atomic E-state index is 0.285. The van der Waals surface area contributed by atoms with Crippen LogP contribution in [0.1, 0.15) is 6.42 Å². The average molecular weight is 145 g/mol. The molecule has 0 aromatic rings. The quantitative estimate of drug-likeness (QED) is 0.571. The molecular weight excluding hydrogens is 136 g/mol. The van der Waals surface area contributed by atoms with E-state index in [0.29, 0.717) is 0 Å². The number of carbonyl (C=O) groups excluding carboxylic acids is 1. The lowest BCUT2D eigenvalue weighted by molar-refractivity contribution is -0.149. The highest BCUT2D eigenvalue weighted by atomic mass is 16.5. The van der Waals surface area contributed by atoms with Gasteiger partial charge in [-0.05, 0) is 6.92 Å². The third-order valence-corrected chi connectivity index (χ3v) is 0.956. The molecule has 0 amide bonds. The van der Waals surface area contributed by atoms with Crippen LogP contribution in [0.15, 0.2) is 0 Å². The molecule has 0 saturated carbocycles. The van der Waals surface area contributed by atoms with Crippen LogP contribution >= 0.6 is 0 Å². The summed E-state index contributed by atoms with van der Waals surface area (Å²) in [6.45, 7) is 3.29. The standard InChI is InChI=1S/C6H9O4/c1-4(3-5(7)8)6(9)10-2/h4H,1,3H2,2H3,(H,7,8).